The maximum atomic E-state index is 12.3. The molecule has 20 heavy (non-hydrogen) atoms. The summed E-state index contributed by atoms with van der Waals surface area (Å²) in [5, 5.41) is 0. The molecule has 1 aromatic rings. The Kier molecular flexibility index (Phi) is 5.14. The highest BCUT2D eigenvalue weighted by Crippen LogP contribution is 2.23. The van der Waals surface area contributed by atoms with Crippen LogP contribution >= 0.6 is 0 Å². The number of halogens is 3. The standard InChI is InChI=1S/C11H13F3N2O4/c1-2-19-8(17)4-6-3-7(5-15)16-10(18)9(6)20-11(12,13)14/h3H,2,4-5,15H2,1H3,(H,16,18). The Balaban J connectivity index is 3.19. The number of nitrogens with one attached hydrogen (secondary N) is 1. The third-order valence-electron chi connectivity index (χ3n) is 2.20. The highest BCUT2D eigenvalue weighted by molar-refractivity contribution is 5.73. The average molecular weight is 294 g/mol. The predicted molar refractivity (Wildman–Crippen MR) is 62.0 cm³/mol. The van der Waals surface area contributed by atoms with Crippen LogP contribution in [0.5, 0.6) is 5.75 Å². The van der Waals surface area contributed by atoms with Gasteiger partial charge in [0.05, 0.1) is 13.0 Å². The van der Waals surface area contributed by atoms with Crippen LogP contribution in [0.15, 0.2) is 10.9 Å². The van der Waals surface area contributed by atoms with Crippen LogP contribution in [0.3, 0.4) is 0 Å². The lowest BCUT2D eigenvalue weighted by atomic mass is 10.1. The summed E-state index contributed by atoms with van der Waals surface area (Å²) in [6.45, 7) is 1.52. The number of carbonyl (C=O) groups is 1. The summed E-state index contributed by atoms with van der Waals surface area (Å²) in [5.74, 6) is -1.75. The molecule has 1 rings (SSSR count). The van der Waals surface area contributed by atoms with E-state index in [1.807, 2.05) is 0 Å². The van der Waals surface area contributed by atoms with Crippen LogP contribution in [0, 0.1) is 0 Å². The molecule has 9 heteroatoms. The minimum absolute atomic E-state index is 0.0707. The summed E-state index contributed by atoms with van der Waals surface area (Å²) in [4.78, 5) is 25.0. The molecule has 0 aliphatic carbocycles. The molecule has 0 fully saturated rings. The number of rotatable bonds is 5. The Morgan fingerprint density at radius 1 is 1.45 bits per heavy atom. The van der Waals surface area contributed by atoms with Crippen molar-refractivity contribution in [2.24, 2.45) is 5.73 Å². The molecule has 1 heterocycles. The first-order valence-electron chi connectivity index (χ1n) is 5.63. The maximum absolute atomic E-state index is 12.3. The van der Waals surface area contributed by atoms with Crippen molar-refractivity contribution in [2.45, 2.75) is 26.3 Å². The molecule has 0 aliphatic rings. The second kappa shape index (κ2) is 6.42. The Hall–Kier alpha value is -2.03. The number of carbonyl (C=O) groups excluding carboxylic acids is 1. The second-order valence-electron chi connectivity index (χ2n) is 3.71. The largest absolute Gasteiger partial charge is 0.573 e. The molecular weight excluding hydrogens is 281 g/mol. The van der Waals surface area contributed by atoms with Crippen LogP contribution in [0.2, 0.25) is 0 Å². The zero-order chi connectivity index (χ0) is 15.3. The van der Waals surface area contributed by atoms with Gasteiger partial charge in [-0.3, -0.25) is 9.59 Å². The molecule has 1 aromatic heterocycles. The Morgan fingerprint density at radius 2 is 2.10 bits per heavy atom. The number of aromatic amines is 1. The van der Waals surface area contributed by atoms with Crippen molar-refractivity contribution in [1.82, 2.24) is 4.98 Å². The van der Waals surface area contributed by atoms with Crippen LogP contribution in [-0.4, -0.2) is 23.9 Å². The number of alkyl halides is 3. The van der Waals surface area contributed by atoms with Crippen LogP contribution < -0.4 is 16.0 Å². The number of ether oxygens (including phenoxy) is 2. The van der Waals surface area contributed by atoms with Crippen molar-refractivity contribution in [3.8, 4) is 5.75 Å². The third kappa shape index (κ3) is 4.57. The number of hydrogen-bond acceptors (Lipinski definition) is 5. The molecule has 0 amide bonds. The van der Waals surface area contributed by atoms with Crippen LogP contribution in [0.25, 0.3) is 0 Å². The first-order chi connectivity index (χ1) is 9.26. The third-order valence-corrected chi connectivity index (χ3v) is 2.20. The van der Waals surface area contributed by atoms with Gasteiger partial charge in [-0.05, 0) is 13.0 Å². The summed E-state index contributed by atoms with van der Waals surface area (Å²) in [5.41, 5.74) is 4.15. The van der Waals surface area contributed by atoms with Gasteiger partial charge in [0.1, 0.15) is 0 Å². The van der Waals surface area contributed by atoms with Gasteiger partial charge in [-0.25, -0.2) is 0 Å². The lowest BCUT2D eigenvalue weighted by Gasteiger charge is -2.13. The minimum atomic E-state index is -5.04. The molecule has 0 saturated carbocycles. The first-order valence-corrected chi connectivity index (χ1v) is 5.63. The van der Waals surface area contributed by atoms with Gasteiger partial charge in [0.2, 0.25) is 0 Å². The van der Waals surface area contributed by atoms with Gasteiger partial charge in [0, 0.05) is 17.8 Å². The summed E-state index contributed by atoms with van der Waals surface area (Å²) < 4.78 is 45.0. The number of pyridine rings is 1. The smallest absolute Gasteiger partial charge is 0.466 e. The Bertz CT molecular complexity index is 539. The summed E-state index contributed by atoms with van der Waals surface area (Å²) in [6.07, 6.45) is -5.56. The summed E-state index contributed by atoms with van der Waals surface area (Å²) >= 11 is 0. The minimum Gasteiger partial charge on any atom is -0.466 e. The van der Waals surface area contributed by atoms with Gasteiger partial charge in [0.25, 0.3) is 5.56 Å². The maximum Gasteiger partial charge on any atom is 0.573 e. The van der Waals surface area contributed by atoms with Gasteiger partial charge in [-0.2, -0.15) is 0 Å². The molecule has 3 N–H and O–H groups in total. The van der Waals surface area contributed by atoms with Gasteiger partial charge in [-0.1, -0.05) is 0 Å². The van der Waals surface area contributed by atoms with Crippen molar-refractivity contribution in [3.63, 3.8) is 0 Å². The Labute approximate surface area is 111 Å². The first kappa shape index (κ1) is 16.0. The molecule has 0 atom stereocenters. The monoisotopic (exact) mass is 294 g/mol. The molecule has 6 nitrogen and oxygen atoms in total. The van der Waals surface area contributed by atoms with Gasteiger partial charge in [-0.15, -0.1) is 13.2 Å². The number of esters is 1. The van der Waals surface area contributed by atoms with Crippen molar-refractivity contribution >= 4 is 5.97 Å². The van der Waals surface area contributed by atoms with Crippen molar-refractivity contribution < 1.29 is 27.4 Å². The average Bonchev–Trinajstić information content (AvgIpc) is 2.32. The zero-order valence-electron chi connectivity index (χ0n) is 10.5. The molecule has 0 radical (unpaired) electrons. The molecule has 0 bridgehead atoms. The summed E-state index contributed by atoms with van der Waals surface area (Å²) in [6, 6.07) is 1.17. The van der Waals surface area contributed by atoms with Crippen molar-refractivity contribution in [3.05, 3.63) is 27.7 Å². The van der Waals surface area contributed by atoms with Crippen molar-refractivity contribution in [2.75, 3.05) is 6.61 Å². The number of nitrogens with two attached hydrogens (primary N) is 1. The van der Waals surface area contributed by atoms with Crippen LogP contribution in [0.4, 0.5) is 13.2 Å². The van der Waals surface area contributed by atoms with E-state index in [1.165, 1.54) is 6.07 Å². The van der Waals surface area contributed by atoms with Crippen LogP contribution in [0.1, 0.15) is 18.2 Å². The van der Waals surface area contributed by atoms with E-state index in [0.29, 0.717) is 0 Å². The fourth-order valence-electron chi connectivity index (χ4n) is 1.50. The molecule has 0 aliphatic heterocycles. The number of H-pyrrole nitrogens is 1. The Morgan fingerprint density at radius 3 is 2.60 bits per heavy atom. The number of aromatic nitrogens is 1. The van der Waals surface area contributed by atoms with E-state index in [-0.39, 0.29) is 24.4 Å². The SMILES string of the molecule is CCOC(=O)Cc1cc(CN)[nH]c(=O)c1OC(F)(F)F. The van der Waals surface area contributed by atoms with E-state index < -0.39 is 30.1 Å². The number of hydrogen-bond donors (Lipinski definition) is 2. The van der Waals surface area contributed by atoms with Crippen molar-refractivity contribution in [1.29, 1.82) is 0 Å². The quantitative estimate of drug-likeness (QED) is 0.785. The van der Waals surface area contributed by atoms with Gasteiger partial charge in [0.15, 0.2) is 5.75 Å². The van der Waals surface area contributed by atoms with Crippen LogP contribution in [-0.2, 0) is 22.5 Å². The zero-order valence-corrected chi connectivity index (χ0v) is 10.5. The lowest BCUT2D eigenvalue weighted by molar-refractivity contribution is -0.275. The molecule has 0 unspecified atom stereocenters. The van der Waals surface area contributed by atoms with E-state index in [2.05, 4.69) is 14.5 Å². The van der Waals surface area contributed by atoms with E-state index in [1.54, 1.807) is 6.92 Å². The molecule has 0 spiro atoms. The molecule has 0 aromatic carbocycles. The fourth-order valence-corrected chi connectivity index (χ4v) is 1.50. The highest BCUT2D eigenvalue weighted by Gasteiger charge is 2.34. The van der Waals surface area contributed by atoms with E-state index >= 15 is 0 Å². The second-order valence-corrected chi connectivity index (χ2v) is 3.71. The van der Waals surface area contributed by atoms with E-state index in [9.17, 15) is 22.8 Å². The van der Waals surface area contributed by atoms with Gasteiger partial charge >= 0.3 is 12.3 Å². The normalized spacial score (nSPS) is 11.2. The highest BCUT2D eigenvalue weighted by atomic mass is 19.4. The van der Waals surface area contributed by atoms with E-state index in [0.717, 1.165) is 0 Å². The molecule has 0 saturated heterocycles. The van der Waals surface area contributed by atoms with Gasteiger partial charge < -0.3 is 20.2 Å². The molecular formula is C11H13F3N2O4. The fraction of sp³-hybridized carbons (Fsp3) is 0.455. The summed E-state index contributed by atoms with van der Waals surface area (Å²) in [7, 11) is 0. The van der Waals surface area contributed by atoms with E-state index in [4.69, 9.17) is 5.73 Å². The molecule has 112 valence electrons. The lowest BCUT2D eigenvalue weighted by Crippen LogP contribution is -2.26. The predicted octanol–water partition coefficient (Wildman–Crippen LogP) is 0.838. The topological polar surface area (TPSA) is 94.4 Å².